The van der Waals surface area contributed by atoms with Crippen LogP contribution in [0.2, 0.25) is 0 Å². The van der Waals surface area contributed by atoms with Crippen LogP contribution in [0.1, 0.15) is 30.1 Å². The second kappa shape index (κ2) is 9.19. The maximum absolute atomic E-state index is 15.2. The smallest absolute Gasteiger partial charge is 0.258 e. The van der Waals surface area contributed by atoms with Crippen molar-refractivity contribution in [2.75, 3.05) is 16.8 Å². The van der Waals surface area contributed by atoms with Gasteiger partial charge in [0.2, 0.25) is 0 Å². The summed E-state index contributed by atoms with van der Waals surface area (Å²) in [7, 11) is 0. The van der Waals surface area contributed by atoms with E-state index in [1.165, 1.54) is 6.20 Å². The van der Waals surface area contributed by atoms with Crippen molar-refractivity contribution in [2.24, 2.45) is 5.73 Å². The molecule has 1 aliphatic heterocycles. The molecule has 0 unspecified atom stereocenters. The summed E-state index contributed by atoms with van der Waals surface area (Å²) in [4.78, 5) is 19.0. The zero-order chi connectivity index (χ0) is 23.7. The third kappa shape index (κ3) is 4.28. The van der Waals surface area contributed by atoms with Crippen molar-refractivity contribution in [1.29, 1.82) is 0 Å². The molecule has 33 heavy (non-hydrogen) atoms. The fourth-order valence-corrected chi connectivity index (χ4v) is 4.13. The second-order valence-electron chi connectivity index (χ2n) is 7.97. The van der Waals surface area contributed by atoms with Crippen molar-refractivity contribution >= 4 is 17.3 Å². The van der Waals surface area contributed by atoms with Crippen LogP contribution in [0.25, 0.3) is 11.1 Å². The van der Waals surface area contributed by atoms with Gasteiger partial charge in [0.25, 0.3) is 5.91 Å². The van der Waals surface area contributed by atoms with E-state index in [-0.39, 0.29) is 12.1 Å². The first-order valence-electron chi connectivity index (χ1n) is 10.5. The standard InChI is InChI=1S/C24H22F4N4O/c1-13-18(29)6-3-11-32(13)20-9-10-30-12-19(20)31-24(33)14-7-8-17(27)22(23(14)28)21-15(25)4-2-5-16(21)26/h2,4-5,7-10,12-13,18H,3,6,11,29H2,1H3,(H,31,33)/t13-,18-/m0/s1. The number of amides is 1. The van der Waals surface area contributed by atoms with Crippen LogP contribution in [0.3, 0.4) is 0 Å². The van der Waals surface area contributed by atoms with Crippen LogP contribution in [0.5, 0.6) is 0 Å². The van der Waals surface area contributed by atoms with E-state index >= 15 is 4.39 Å². The lowest BCUT2D eigenvalue weighted by Gasteiger charge is -2.40. The monoisotopic (exact) mass is 458 g/mol. The Morgan fingerprint density at radius 1 is 1.06 bits per heavy atom. The molecule has 2 atom stereocenters. The third-order valence-electron chi connectivity index (χ3n) is 5.95. The Kier molecular flexibility index (Phi) is 6.33. The minimum absolute atomic E-state index is 0.00464. The van der Waals surface area contributed by atoms with Crippen molar-refractivity contribution in [3.8, 4) is 11.1 Å². The number of piperidine rings is 1. The molecule has 9 heteroatoms. The van der Waals surface area contributed by atoms with Gasteiger partial charge in [-0.2, -0.15) is 0 Å². The zero-order valence-electron chi connectivity index (χ0n) is 17.8. The summed E-state index contributed by atoms with van der Waals surface area (Å²) in [5.74, 6) is -5.75. The van der Waals surface area contributed by atoms with Crippen molar-refractivity contribution < 1.29 is 22.4 Å². The minimum Gasteiger partial charge on any atom is -0.365 e. The van der Waals surface area contributed by atoms with E-state index in [0.29, 0.717) is 17.9 Å². The van der Waals surface area contributed by atoms with Gasteiger partial charge < -0.3 is 16.0 Å². The molecule has 3 N–H and O–H groups in total. The number of carbonyl (C=O) groups excluding carboxylic acids is 1. The lowest BCUT2D eigenvalue weighted by Crippen LogP contribution is -2.50. The lowest BCUT2D eigenvalue weighted by molar-refractivity contribution is 0.102. The molecule has 2 aromatic carbocycles. The molecule has 1 aromatic heterocycles. The SMILES string of the molecule is C[C@H]1[C@@H](N)CCCN1c1ccncc1NC(=O)c1ccc(F)c(-c2c(F)cccc2F)c1F. The van der Waals surface area contributed by atoms with Gasteiger partial charge in [-0.1, -0.05) is 6.07 Å². The molecule has 0 bridgehead atoms. The van der Waals surface area contributed by atoms with E-state index in [9.17, 15) is 18.0 Å². The number of hydrogen-bond acceptors (Lipinski definition) is 4. The molecular formula is C24H22F4N4O. The molecule has 0 radical (unpaired) electrons. The molecule has 5 nitrogen and oxygen atoms in total. The minimum atomic E-state index is -1.37. The van der Waals surface area contributed by atoms with Crippen molar-refractivity contribution in [3.05, 3.63) is 77.6 Å². The summed E-state index contributed by atoms with van der Waals surface area (Å²) in [6.45, 7) is 2.69. The van der Waals surface area contributed by atoms with Gasteiger partial charge in [0, 0.05) is 24.8 Å². The van der Waals surface area contributed by atoms with E-state index in [1.54, 1.807) is 12.3 Å². The maximum Gasteiger partial charge on any atom is 0.258 e. The molecule has 0 aliphatic carbocycles. The molecule has 3 aromatic rings. The van der Waals surface area contributed by atoms with Crippen LogP contribution in [-0.2, 0) is 0 Å². The maximum atomic E-state index is 15.2. The Morgan fingerprint density at radius 2 is 1.76 bits per heavy atom. The van der Waals surface area contributed by atoms with Crippen LogP contribution in [-0.4, -0.2) is 29.5 Å². The summed E-state index contributed by atoms with van der Waals surface area (Å²) in [5.41, 5.74) is 4.77. The van der Waals surface area contributed by atoms with E-state index in [0.717, 1.165) is 43.2 Å². The Labute approximate surface area is 188 Å². The topological polar surface area (TPSA) is 71.2 Å². The zero-order valence-corrected chi connectivity index (χ0v) is 17.8. The second-order valence-corrected chi connectivity index (χ2v) is 7.97. The van der Waals surface area contributed by atoms with E-state index in [4.69, 9.17) is 5.73 Å². The molecule has 0 spiro atoms. The van der Waals surface area contributed by atoms with E-state index in [1.807, 2.05) is 11.8 Å². The number of nitrogens with one attached hydrogen (secondary N) is 1. The number of nitrogens with zero attached hydrogens (tertiary/aromatic N) is 2. The number of halogens is 4. The average Bonchev–Trinajstić information content (AvgIpc) is 2.78. The van der Waals surface area contributed by atoms with Crippen LogP contribution in [0.15, 0.2) is 48.8 Å². The molecule has 1 fully saturated rings. The number of carbonyl (C=O) groups is 1. The molecule has 172 valence electrons. The fraction of sp³-hybridized carbons (Fsp3) is 0.250. The molecule has 0 saturated carbocycles. The number of aromatic nitrogens is 1. The summed E-state index contributed by atoms with van der Waals surface area (Å²) in [6.07, 6.45) is 4.72. The van der Waals surface area contributed by atoms with Gasteiger partial charge >= 0.3 is 0 Å². The highest BCUT2D eigenvalue weighted by Gasteiger charge is 2.28. The molecule has 2 heterocycles. The largest absolute Gasteiger partial charge is 0.365 e. The van der Waals surface area contributed by atoms with E-state index in [2.05, 4.69) is 10.3 Å². The number of nitrogens with two attached hydrogens (primary N) is 1. The predicted octanol–water partition coefficient (Wildman–Crippen LogP) is 4.87. The van der Waals surface area contributed by atoms with Crippen molar-refractivity contribution in [3.63, 3.8) is 0 Å². The fourth-order valence-electron chi connectivity index (χ4n) is 4.13. The number of hydrogen-bond donors (Lipinski definition) is 2. The average molecular weight is 458 g/mol. The normalized spacial score (nSPS) is 18.3. The van der Waals surface area contributed by atoms with Gasteiger partial charge in [0.1, 0.15) is 23.3 Å². The van der Waals surface area contributed by atoms with Gasteiger partial charge in [0.15, 0.2) is 0 Å². The number of anilines is 2. The molecule has 1 saturated heterocycles. The first-order chi connectivity index (χ1) is 15.8. The first kappa shape index (κ1) is 22.7. The number of benzene rings is 2. The Bertz CT molecular complexity index is 1180. The Hall–Kier alpha value is -3.46. The lowest BCUT2D eigenvalue weighted by atomic mass is 9.97. The first-order valence-corrected chi connectivity index (χ1v) is 10.5. The highest BCUT2D eigenvalue weighted by atomic mass is 19.1. The summed E-state index contributed by atoms with van der Waals surface area (Å²) < 4.78 is 58.1. The highest BCUT2D eigenvalue weighted by Crippen LogP contribution is 2.34. The molecular weight excluding hydrogens is 436 g/mol. The van der Waals surface area contributed by atoms with Crippen molar-refractivity contribution in [2.45, 2.75) is 31.8 Å². The Balaban J connectivity index is 1.70. The Morgan fingerprint density at radius 3 is 2.48 bits per heavy atom. The van der Waals surface area contributed by atoms with Gasteiger partial charge in [-0.15, -0.1) is 0 Å². The number of rotatable bonds is 4. The van der Waals surface area contributed by atoms with Gasteiger partial charge in [0.05, 0.1) is 34.3 Å². The molecule has 1 amide bonds. The molecule has 1 aliphatic rings. The summed E-state index contributed by atoms with van der Waals surface area (Å²) in [5, 5.41) is 2.59. The summed E-state index contributed by atoms with van der Waals surface area (Å²) in [6, 6.07) is 6.24. The quantitative estimate of drug-likeness (QED) is 0.547. The van der Waals surface area contributed by atoms with Crippen LogP contribution in [0, 0.1) is 23.3 Å². The predicted molar refractivity (Wildman–Crippen MR) is 118 cm³/mol. The van der Waals surface area contributed by atoms with Gasteiger partial charge in [-0.05, 0) is 50.1 Å². The van der Waals surface area contributed by atoms with Crippen LogP contribution < -0.4 is 16.0 Å². The van der Waals surface area contributed by atoms with Gasteiger partial charge in [-0.25, -0.2) is 17.6 Å². The van der Waals surface area contributed by atoms with Crippen molar-refractivity contribution in [1.82, 2.24) is 4.98 Å². The number of pyridine rings is 1. The van der Waals surface area contributed by atoms with Crippen LogP contribution in [0.4, 0.5) is 28.9 Å². The summed E-state index contributed by atoms with van der Waals surface area (Å²) >= 11 is 0. The molecule has 4 rings (SSSR count). The highest BCUT2D eigenvalue weighted by molar-refractivity contribution is 6.06. The van der Waals surface area contributed by atoms with Gasteiger partial charge in [-0.3, -0.25) is 9.78 Å². The van der Waals surface area contributed by atoms with E-state index < -0.39 is 45.9 Å². The van der Waals surface area contributed by atoms with Crippen LogP contribution >= 0.6 is 0 Å². The third-order valence-corrected chi connectivity index (χ3v) is 5.95.